The highest BCUT2D eigenvalue weighted by Gasteiger charge is 2.35. The molecule has 2 unspecified atom stereocenters. The number of hydrogen-bond acceptors (Lipinski definition) is 4. The molecule has 1 aliphatic heterocycles. The average Bonchev–Trinajstić information content (AvgIpc) is 2.62. The van der Waals surface area contributed by atoms with Gasteiger partial charge in [0.25, 0.3) is 10.0 Å². The molecule has 1 aromatic heterocycles. The molecule has 1 aromatic rings. The van der Waals surface area contributed by atoms with Crippen LogP contribution in [0.2, 0.25) is 5.02 Å². The van der Waals surface area contributed by atoms with Crippen LogP contribution >= 0.6 is 11.6 Å². The van der Waals surface area contributed by atoms with Crippen molar-refractivity contribution < 1.29 is 13.5 Å². The van der Waals surface area contributed by atoms with Crippen molar-refractivity contribution in [3.63, 3.8) is 0 Å². The summed E-state index contributed by atoms with van der Waals surface area (Å²) < 4.78 is 27.3. The van der Waals surface area contributed by atoms with Crippen molar-refractivity contribution in [3.8, 4) is 0 Å². The maximum atomic E-state index is 12.4. The maximum Gasteiger partial charge on any atom is 0.261 e. The molecule has 1 N–H and O–H groups in total. The number of aromatic nitrogens is 2. The van der Waals surface area contributed by atoms with Crippen LogP contribution in [0.15, 0.2) is 11.2 Å². The standard InChI is InChI=1S/C10H16ClN3O3S/c1-7-3-4-14(6-9(7)15)18(16,17)10-8(11)5-12-13(10)2/h5,7,9,15H,3-4,6H2,1-2H3. The van der Waals surface area contributed by atoms with Crippen LogP contribution in [0.25, 0.3) is 0 Å². The summed E-state index contributed by atoms with van der Waals surface area (Å²) in [6.07, 6.45) is 1.30. The van der Waals surface area contributed by atoms with Crippen molar-refractivity contribution in [1.82, 2.24) is 14.1 Å². The Labute approximate surface area is 111 Å². The van der Waals surface area contributed by atoms with Crippen molar-refractivity contribution in [3.05, 3.63) is 11.2 Å². The maximum absolute atomic E-state index is 12.4. The van der Waals surface area contributed by atoms with Gasteiger partial charge in [-0.3, -0.25) is 4.68 Å². The molecular weight excluding hydrogens is 278 g/mol. The van der Waals surface area contributed by atoms with Gasteiger partial charge < -0.3 is 5.11 Å². The van der Waals surface area contributed by atoms with Crippen LogP contribution in [-0.4, -0.2) is 46.8 Å². The van der Waals surface area contributed by atoms with E-state index in [1.165, 1.54) is 22.2 Å². The number of halogens is 1. The smallest absolute Gasteiger partial charge is 0.261 e. The predicted molar refractivity (Wildman–Crippen MR) is 66.8 cm³/mol. The molecule has 2 heterocycles. The van der Waals surface area contributed by atoms with Crippen molar-refractivity contribution in [2.45, 2.75) is 24.5 Å². The van der Waals surface area contributed by atoms with E-state index in [-0.39, 0.29) is 22.5 Å². The molecule has 18 heavy (non-hydrogen) atoms. The summed E-state index contributed by atoms with van der Waals surface area (Å²) in [6.45, 7) is 2.40. The monoisotopic (exact) mass is 293 g/mol. The SMILES string of the molecule is CC1CCN(S(=O)(=O)c2c(Cl)cnn2C)CC1O. The molecule has 1 saturated heterocycles. The van der Waals surface area contributed by atoms with E-state index in [0.717, 1.165) is 0 Å². The van der Waals surface area contributed by atoms with Gasteiger partial charge in [0, 0.05) is 20.1 Å². The first kappa shape index (κ1) is 13.8. The van der Waals surface area contributed by atoms with Crippen molar-refractivity contribution in [2.24, 2.45) is 13.0 Å². The van der Waals surface area contributed by atoms with Gasteiger partial charge in [-0.15, -0.1) is 0 Å². The third-order valence-electron chi connectivity index (χ3n) is 3.31. The summed E-state index contributed by atoms with van der Waals surface area (Å²) in [5.74, 6) is 0.110. The van der Waals surface area contributed by atoms with Crippen LogP contribution in [0.3, 0.4) is 0 Å². The van der Waals surface area contributed by atoms with Crippen molar-refractivity contribution in [1.29, 1.82) is 0 Å². The molecule has 102 valence electrons. The highest BCUT2D eigenvalue weighted by Crippen LogP contribution is 2.27. The van der Waals surface area contributed by atoms with Crippen LogP contribution in [0, 0.1) is 5.92 Å². The number of rotatable bonds is 2. The Morgan fingerprint density at radius 1 is 1.56 bits per heavy atom. The number of aliphatic hydroxyl groups excluding tert-OH is 1. The Bertz CT molecular complexity index is 523. The Balaban J connectivity index is 2.33. The van der Waals surface area contributed by atoms with Crippen molar-refractivity contribution in [2.75, 3.05) is 13.1 Å². The summed E-state index contributed by atoms with van der Waals surface area (Å²) >= 11 is 5.86. The lowest BCUT2D eigenvalue weighted by molar-refractivity contribution is 0.0603. The normalized spacial score (nSPS) is 26.4. The predicted octanol–water partition coefficient (Wildman–Crippen LogP) is 0.465. The fourth-order valence-electron chi connectivity index (χ4n) is 2.05. The largest absolute Gasteiger partial charge is 0.391 e. The molecule has 0 spiro atoms. The lowest BCUT2D eigenvalue weighted by atomic mass is 9.98. The van der Waals surface area contributed by atoms with E-state index in [9.17, 15) is 13.5 Å². The van der Waals surface area contributed by atoms with Gasteiger partial charge >= 0.3 is 0 Å². The van der Waals surface area contributed by atoms with E-state index in [0.29, 0.717) is 13.0 Å². The molecule has 0 amide bonds. The number of hydrogen-bond donors (Lipinski definition) is 1. The summed E-state index contributed by atoms with van der Waals surface area (Å²) in [5, 5.41) is 13.7. The first-order valence-corrected chi connectivity index (χ1v) is 7.51. The summed E-state index contributed by atoms with van der Waals surface area (Å²) in [7, 11) is -2.17. The average molecular weight is 294 g/mol. The number of nitrogens with zero attached hydrogens (tertiary/aromatic N) is 3. The Kier molecular flexibility index (Phi) is 3.68. The Morgan fingerprint density at radius 3 is 2.72 bits per heavy atom. The van der Waals surface area contributed by atoms with Gasteiger partial charge in [-0.25, -0.2) is 8.42 Å². The second-order valence-corrected chi connectivity index (χ2v) is 6.88. The number of aliphatic hydroxyl groups is 1. The molecule has 0 bridgehead atoms. The fourth-order valence-corrected chi connectivity index (χ4v) is 4.13. The summed E-state index contributed by atoms with van der Waals surface area (Å²) in [6, 6.07) is 0. The molecule has 2 rings (SSSR count). The second-order valence-electron chi connectivity index (χ2n) is 4.62. The minimum atomic E-state index is -3.69. The van der Waals surface area contributed by atoms with Crippen LogP contribution in [0.1, 0.15) is 13.3 Å². The third kappa shape index (κ3) is 2.27. The molecule has 8 heteroatoms. The van der Waals surface area contributed by atoms with E-state index < -0.39 is 16.1 Å². The van der Waals surface area contributed by atoms with Crippen LogP contribution < -0.4 is 0 Å². The number of piperidine rings is 1. The molecule has 2 atom stereocenters. The van der Waals surface area contributed by atoms with Gasteiger partial charge in [0.05, 0.1) is 17.3 Å². The van der Waals surface area contributed by atoms with Crippen LogP contribution in [-0.2, 0) is 17.1 Å². The molecule has 0 aliphatic carbocycles. The van der Waals surface area contributed by atoms with Gasteiger partial charge in [-0.2, -0.15) is 9.40 Å². The zero-order valence-corrected chi connectivity index (χ0v) is 11.8. The van der Waals surface area contributed by atoms with E-state index in [2.05, 4.69) is 5.10 Å². The van der Waals surface area contributed by atoms with Crippen molar-refractivity contribution >= 4 is 21.6 Å². The summed E-state index contributed by atoms with van der Waals surface area (Å²) in [4.78, 5) is 0. The first-order valence-electron chi connectivity index (χ1n) is 5.69. The summed E-state index contributed by atoms with van der Waals surface area (Å²) in [5.41, 5.74) is 0. The zero-order valence-electron chi connectivity index (χ0n) is 10.2. The number of aryl methyl sites for hydroxylation is 1. The first-order chi connectivity index (χ1) is 8.34. The lowest BCUT2D eigenvalue weighted by Gasteiger charge is -2.33. The van der Waals surface area contributed by atoms with E-state index >= 15 is 0 Å². The Morgan fingerprint density at radius 2 is 2.22 bits per heavy atom. The van der Waals surface area contributed by atoms with E-state index in [1.807, 2.05) is 6.92 Å². The minimum Gasteiger partial charge on any atom is -0.391 e. The molecule has 0 saturated carbocycles. The van der Waals surface area contributed by atoms with Crippen LogP contribution in [0.4, 0.5) is 0 Å². The molecule has 1 fully saturated rings. The fraction of sp³-hybridized carbons (Fsp3) is 0.700. The quantitative estimate of drug-likeness (QED) is 0.860. The lowest BCUT2D eigenvalue weighted by Crippen LogP contribution is -2.46. The number of sulfonamides is 1. The highest BCUT2D eigenvalue weighted by atomic mass is 35.5. The zero-order chi connectivity index (χ0) is 13.5. The van der Waals surface area contributed by atoms with Gasteiger partial charge in [-0.1, -0.05) is 18.5 Å². The number of β-amino-alcohol motifs (C(OH)–C–C–N with tert-alkyl or cyclic N) is 1. The molecule has 0 aromatic carbocycles. The molecule has 1 aliphatic rings. The van der Waals surface area contributed by atoms with Gasteiger partial charge in [-0.05, 0) is 12.3 Å². The van der Waals surface area contributed by atoms with Gasteiger partial charge in [0.1, 0.15) is 0 Å². The van der Waals surface area contributed by atoms with E-state index in [4.69, 9.17) is 11.6 Å². The van der Waals surface area contributed by atoms with E-state index in [1.54, 1.807) is 0 Å². The molecule has 0 radical (unpaired) electrons. The highest BCUT2D eigenvalue weighted by molar-refractivity contribution is 7.89. The topological polar surface area (TPSA) is 75.4 Å². The molecule has 6 nitrogen and oxygen atoms in total. The van der Waals surface area contributed by atoms with Crippen LogP contribution in [0.5, 0.6) is 0 Å². The molecular formula is C10H16ClN3O3S. The minimum absolute atomic E-state index is 0.0223. The Hall–Kier alpha value is -0.630. The second kappa shape index (κ2) is 4.80. The van der Waals surface area contributed by atoms with Gasteiger partial charge in [0.15, 0.2) is 5.03 Å². The third-order valence-corrected chi connectivity index (χ3v) is 5.68. The van der Waals surface area contributed by atoms with Gasteiger partial charge in [0.2, 0.25) is 0 Å².